The highest BCUT2D eigenvalue weighted by atomic mass is 16.5. The van der Waals surface area contributed by atoms with E-state index < -0.39 is 23.1 Å². The molecule has 8 rings (SSSR count). The van der Waals surface area contributed by atoms with Gasteiger partial charge in [-0.05, 0) is 61.4 Å². The number of hydrogen-bond donors (Lipinski definition) is 3. The van der Waals surface area contributed by atoms with E-state index in [0.717, 1.165) is 24.2 Å². The number of pyridine rings is 1. The summed E-state index contributed by atoms with van der Waals surface area (Å²) in [4.78, 5) is 20.0. The van der Waals surface area contributed by atoms with Crippen molar-refractivity contribution in [2.45, 2.75) is 69.1 Å². The Kier molecular flexibility index (Phi) is 4.77. The van der Waals surface area contributed by atoms with Crippen molar-refractivity contribution in [1.29, 1.82) is 0 Å². The fourth-order valence-electron chi connectivity index (χ4n) is 7.83. The number of nitrogens with zero attached hydrogens (tertiary/aromatic N) is 2. The Labute approximate surface area is 215 Å². The first-order valence-electron chi connectivity index (χ1n) is 13.6. The molecule has 5 aliphatic rings. The number of piperidine rings is 1. The number of aliphatic hydroxyl groups is 1. The van der Waals surface area contributed by atoms with Gasteiger partial charge in [0.15, 0.2) is 17.6 Å². The standard InChI is InChI=1S/C28H26N2O5.C2H6/c31-19-8-7-15-11-20-28(34)12-17-21(26(32)33)16-3-1-2-4-18(16)29-23(17)25-27(28,22(15)24(19)35-25)9-10-30(20)13-14-5-6-14;1-2/h1-4,7-8,14,20,25,31,34H,5-6,9-13H2,(H,32,33);1-2H3/t20-,25?,27+,28?;/m1./s1. The van der Waals surface area contributed by atoms with Crippen molar-refractivity contribution >= 4 is 16.9 Å². The average molecular weight is 501 g/mol. The van der Waals surface area contributed by atoms with Gasteiger partial charge in [-0.25, -0.2) is 9.78 Å². The monoisotopic (exact) mass is 500 g/mol. The smallest absolute Gasteiger partial charge is 0.336 e. The second kappa shape index (κ2) is 7.68. The van der Waals surface area contributed by atoms with Crippen LogP contribution in [0.25, 0.3) is 10.9 Å². The third-order valence-electron chi connectivity index (χ3n) is 9.45. The molecule has 192 valence electrons. The van der Waals surface area contributed by atoms with Gasteiger partial charge in [-0.1, -0.05) is 38.1 Å². The van der Waals surface area contributed by atoms with Crippen molar-refractivity contribution in [3.8, 4) is 11.5 Å². The van der Waals surface area contributed by atoms with Gasteiger partial charge < -0.3 is 20.1 Å². The lowest BCUT2D eigenvalue weighted by Crippen LogP contribution is -2.74. The molecule has 37 heavy (non-hydrogen) atoms. The number of ether oxygens (including phenoxy) is 1. The molecule has 3 N–H and O–H groups in total. The molecule has 2 aromatic carbocycles. The van der Waals surface area contributed by atoms with E-state index in [2.05, 4.69) is 4.90 Å². The first kappa shape index (κ1) is 23.0. The third kappa shape index (κ3) is 2.79. The quantitative estimate of drug-likeness (QED) is 0.491. The molecular formula is C30H32N2O5. The summed E-state index contributed by atoms with van der Waals surface area (Å²) < 4.78 is 6.53. The van der Waals surface area contributed by atoms with E-state index >= 15 is 0 Å². The van der Waals surface area contributed by atoms with Crippen molar-refractivity contribution in [2.24, 2.45) is 5.92 Å². The van der Waals surface area contributed by atoms with E-state index in [-0.39, 0.29) is 23.8 Å². The number of carboxylic acid groups (broad SMARTS) is 1. The summed E-state index contributed by atoms with van der Waals surface area (Å²) in [5.41, 5.74) is 1.98. The van der Waals surface area contributed by atoms with E-state index in [1.165, 1.54) is 12.8 Å². The molecule has 0 radical (unpaired) electrons. The van der Waals surface area contributed by atoms with Crippen molar-refractivity contribution in [1.82, 2.24) is 9.88 Å². The van der Waals surface area contributed by atoms with E-state index in [4.69, 9.17) is 9.72 Å². The summed E-state index contributed by atoms with van der Waals surface area (Å²) in [6.07, 6.45) is 3.36. The molecule has 1 saturated heterocycles. The summed E-state index contributed by atoms with van der Waals surface area (Å²) in [5, 5.41) is 34.5. The van der Waals surface area contributed by atoms with Crippen LogP contribution in [0.5, 0.6) is 11.5 Å². The Hall–Kier alpha value is -3.16. The lowest BCUT2D eigenvalue weighted by Gasteiger charge is -2.63. The highest BCUT2D eigenvalue weighted by molar-refractivity contribution is 6.04. The first-order chi connectivity index (χ1) is 17.9. The molecule has 7 nitrogen and oxygen atoms in total. The van der Waals surface area contributed by atoms with Crippen LogP contribution in [-0.4, -0.2) is 55.9 Å². The SMILES string of the molecule is CC.O=C(O)c1c2c(nc3ccccc13)C1Oc3c(O)ccc4c3[C@@]13CCN(CC1CC1)[C@H](C4)C3(O)C2. The van der Waals surface area contributed by atoms with Crippen LogP contribution in [0.2, 0.25) is 0 Å². The Balaban J connectivity index is 0.00000113. The minimum atomic E-state index is -1.22. The van der Waals surface area contributed by atoms with Crippen LogP contribution in [0.15, 0.2) is 36.4 Å². The number of rotatable bonds is 3. The van der Waals surface area contributed by atoms with Crippen LogP contribution < -0.4 is 4.74 Å². The summed E-state index contributed by atoms with van der Waals surface area (Å²) in [6, 6.07) is 10.8. The normalized spacial score (nSPS) is 30.6. The van der Waals surface area contributed by atoms with Gasteiger partial charge in [-0.15, -0.1) is 0 Å². The number of likely N-dealkylation sites (tertiary alicyclic amines) is 1. The number of hydrogen-bond acceptors (Lipinski definition) is 6. The minimum absolute atomic E-state index is 0.0644. The van der Waals surface area contributed by atoms with Gasteiger partial charge in [0.2, 0.25) is 0 Å². The lowest BCUT2D eigenvalue weighted by molar-refractivity contribution is -0.173. The highest BCUT2D eigenvalue weighted by Gasteiger charge is 2.73. The number of phenolic OH excluding ortho intramolecular Hbond substituents is 1. The maximum absolute atomic E-state index is 12.8. The van der Waals surface area contributed by atoms with Gasteiger partial charge in [0.25, 0.3) is 0 Å². The number of carbonyl (C=O) groups is 1. The van der Waals surface area contributed by atoms with Crippen molar-refractivity contribution in [2.75, 3.05) is 13.1 Å². The van der Waals surface area contributed by atoms with Crippen LogP contribution in [0, 0.1) is 5.92 Å². The molecule has 3 aromatic rings. The number of phenols is 1. The van der Waals surface area contributed by atoms with Crippen LogP contribution in [0.1, 0.15) is 72.0 Å². The van der Waals surface area contributed by atoms with Crippen LogP contribution >= 0.6 is 0 Å². The molecule has 2 bridgehead atoms. The van der Waals surface area contributed by atoms with Crippen LogP contribution in [-0.2, 0) is 18.3 Å². The molecule has 1 saturated carbocycles. The Morgan fingerprint density at radius 3 is 2.73 bits per heavy atom. The lowest BCUT2D eigenvalue weighted by atomic mass is 9.48. The van der Waals surface area contributed by atoms with E-state index in [1.54, 1.807) is 12.1 Å². The van der Waals surface area contributed by atoms with Crippen molar-refractivity contribution in [3.63, 3.8) is 0 Å². The minimum Gasteiger partial charge on any atom is -0.504 e. The molecule has 2 fully saturated rings. The Bertz CT molecular complexity index is 1470. The Morgan fingerprint density at radius 1 is 1.19 bits per heavy atom. The summed E-state index contributed by atoms with van der Waals surface area (Å²) >= 11 is 0. The van der Waals surface area contributed by atoms with Crippen LogP contribution in [0.3, 0.4) is 0 Å². The topological polar surface area (TPSA) is 103 Å². The fraction of sp³-hybridized carbons (Fsp3) is 0.467. The van der Waals surface area contributed by atoms with Gasteiger partial charge in [-0.2, -0.15) is 0 Å². The average Bonchev–Trinajstić information content (AvgIpc) is 3.63. The van der Waals surface area contributed by atoms with Crippen molar-refractivity contribution < 1.29 is 24.9 Å². The summed E-state index contributed by atoms with van der Waals surface area (Å²) in [7, 11) is 0. The first-order valence-corrected chi connectivity index (χ1v) is 13.6. The van der Waals surface area contributed by atoms with Gasteiger partial charge in [-0.3, -0.25) is 4.90 Å². The second-order valence-corrected chi connectivity index (χ2v) is 11.1. The van der Waals surface area contributed by atoms with E-state index in [0.29, 0.717) is 46.7 Å². The largest absolute Gasteiger partial charge is 0.504 e. The second-order valence-electron chi connectivity index (χ2n) is 11.1. The van der Waals surface area contributed by atoms with Crippen LogP contribution in [0.4, 0.5) is 0 Å². The van der Waals surface area contributed by atoms with Gasteiger partial charge >= 0.3 is 5.97 Å². The predicted octanol–water partition coefficient (Wildman–Crippen LogP) is 4.36. The van der Waals surface area contributed by atoms with Gasteiger partial charge in [0, 0.05) is 30.0 Å². The van der Waals surface area contributed by atoms with E-state index in [1.807, 2.05) is 38.1 Å². The number of benzene rings is 2. The molecule has 3 heterocycles. The predicted molar refractivity (Wildman–Crippen MR) is 138 cm³/mol. The molecule has 2 unspecified atom stereocenters. The van der Waals surface area contributed by atoms with Crippen molar-refractivity contribution in [3.05, 3.63) is 64.3 Å². The molecule has 1 spiro atoms. The molecule has 7 heteroatoms. The zero-order valence-corrected chi connectivity index (χ0v) is 21.2. The summed E-state index contributed by atoms with van der Waals surface area (Å²) in [5.74, 6) is 0.152. The number of para-hydroxylation sites is 1. The molecule has 4 atom stereocenters. The fourth-order valence-corrected chi connectivity index (χ4v) is 7.83. The maximum atomic E-state index is 12.8. The molecule has 3 aliphatic carbocycles. The van der Waals surface area contributed by atoms with Gasteiger partial charge in [0.1, 0.15) is 0 Å². The number of aromatic nitrogens is 1. The molecule has 1 aromatic heterocycles. The zero-order valence-electron chi connectivity index (χ0n) is 21.2. The molecule has 2 aliphatic heterocycles. The van der Waals surface area contributed by atoms with Gasteiger partial charge in [0.05, 0.1) is 27.8 Å². The van der Waals surface area contributed by atoms with E-state index in [9.17, 15) is 20.1 Å². The maximum Gasteiger partial charge on any atom is 0.336 e. The third-order valence-corrected chi connectivity index (χ3v) is 9.45. The number of aromatic carboxylic acids is 1. The zero-order chi connectivity index (χ0) is 25.7. The Morgan fingerprint density at radius 2 is 1.97 bits per heavy atom. The summed E-state index contributed by atoms with van der Waals surface area (Å²) in [6.45, 7) is 5.80. The number of aromatic hydroxyl groups is 1. The molecule has 0 amide bonds. The highest BCUT2D eigenvalue weighted by Crippen LogP contribution is 2.68. The molecular weight excluding hydrogens is 468 g/mol. The number of fused-ring (bicyclic) bond motifs is 3. The number of carboxylic acids is 1.